The number of rotatable bonds is 11. The predicted molar refractivity (Wildman–Crippen MR) is 123 cm³/mol. The number of nitrogens with zero attached hydrogens (tertiary/aromatic N) is 4. The molecule has 0 amide bonds. The SMILES string of the molecule is C=N/C=C\C(=NCNC1CC1)/C(SCN1CCC1)=C(/N=C)c1cccc(N)c1F. The first-order valence-corrected chi connectivity index (χ1v) is 10.6. The zero-order chi connectivity index (χ0) is 20.6. The van der Waals surface area contributed by atoms with E-state index in [-0.39, 0.29) is 5.69 Å². The molecular formula is C21H27FN6S. The molecule has 0 unspecified atom stereocenters. The van der Waals surface area contributed by atoms with E-state index in [1.54, 1.807) is 36.2 Å². The van der Waals surface area contributed by atoms with Crippen LogP contribution in [0.3, 0.4) is 0 Å². The lowest BCUT2D eigenvalue weighted by Crippen LogP contribution is -2.36. The first-order chi connectivity index (χ1) is 14.1. The summed E-state index contributed by atoms with van der Waals surface area (Å²) in [6.45, 7) is 9.79. The molecule has 1 aliphatic carbocycles. The number of hydrogen-bond acceptors (Lipinski definition) is 7. The van der Waals surface area contributed by atoms with Gasteiger partial charge in [0.15, 0.2) is 5.82 Å². The molecule has 3 rings (SSSR count). The van der Waals surface area contributed by atoms with Crippen LogP contribution in [0.2, 0.25) is 0 Å². The highest BCUT2D eigenvalue weighted by atomic mass is 32.2. The molecule has 0 spiro atoms. The predicted octanol–water partition coefficient (Wildman–Crippen LogP) is 3.54. The van der Waals surface area contributed by atoms with Crippen molar-refractivity contribution < 1.29 is 4.39 Å². The Balaban J connectivity index is 2.01. The van der Waals surface area contributed by atoms with Crippen LogP contribution in [-0.2, 0) is 0 Å². The summed E-state index contributed by atoms with van der Waals surface area (Å²) in [4.78, 5) is 15.8. The zero-order valence-corrected chi connectivity index (χ0v) is 17.3. The molecule has 2 aliphatic rings. The molecule has 0 atom stereocenters. The van der Waals surface area contributed by atoms with Crippen LogP contribution in [0.25, 0.3) is 5.70 Å². The standard InChI is InChI=1S/C21H27FN6S/c1-24-10-9-18(27-13-26-15-7-8-15)21(29-14-28-11-4-12-28)20(25-2)16-5-3-6-17(23)19(16)22/h3,5-6,9-10,15,26H,1-2,4,7-8,11-14,23H2/b10-9-,21-20-,27-18?. The molecule has 154 valence electrons. The first-order valence-electron chi connectivity index (χ1n) is 9.65. The first kappa shape index (κ1) is 21.4. The van der Waals surface area contributed by atoms with Crippen molar-refractivity contribution in [1.29, 1.82) is 0 Å². The van der Waals surface area contributed by atoms with Gasteiger partial charge < -0.3 is 5.73 Å². The molecule has 1 saturated heterocycles. The number of nitrogens with two attached hydrogens (primary N) is 1. The average Bonchev–Trinajstić information content (AvgIpc) is 3.50. The van der Waals surface area contributed by atoms with Crippen LogP contribution in [0.5, 0.6) is 0 Å². The van der Waals surface area contributed by atoms with Gasteiger partial charge in [0.25, 0.3) is 0 Å². The molecule has 0 radical (unpaired) electrons. The number of halogens is 1. The smallest absolute Gasteiger partial charge is 0.155 e. The van der Waals surface area contributed by atoms with Crippen molar-refractivity contribution in [2.75, 3.05) is 31.4 Å². The summed E-state index contributed by atoms with van der Waals surface area (Å²) < 4.78 is 14.8. The van der Waals surface area contributed by atoms with Gasteiger partial charge in [-0.1, -0.05) is 6.07 Å². The monoisotopic (exact) mass is 414 g/mol. The molecule has 3 N–H and O–H groups in total. The Morgan fingerprint density at radius 2 is 2.14 bits per heavy atom. The third-order valence-corrected chi connectivity index (χ3v) is 5.96. The summed E-state index contributed by atoms with van der Waals surface area (Å²) in [5, 5.41) is 3.37. The number of nitrogen functional groups attached to an aromatic ring is 1. The van der Waals surface area contributed by atoms with E-state index in [2.05, 4.69) is 33.6 Å². The minimum atomic E-state index is -0.502. The van der Waals surface area contributed by atoms with Crippen LogP contribution >= 0.6 is 11.8 Å². The molecule has 29 heavy (non-hydrogen) atoms. The van der Waals surface area contributed by atoms with Crippen molar-refractivity contribution in [3.63, 3.8) is 0 Å². The van der Waals surface area contributed by atoms with Gasteiger partial charge in [-0.3, -0.25) is 25.2 Å². The van der Waals surface area contributed by atoms with Crippen LogP contribution < -0.4 is 11.1 Å². The number of thioether (sulfide) groups is 1. The van der Waals surface area contributed by atoms with E-state index in [0.29, 0.717) is 29.7 Å². The van der Waals surface area contributed by atoms with Gasteiger partial charge in [-0.15, -0.1) is 11.8 Å². The Bertz CT molecular complexity index is 840. The molecule has 2 fully saturated rings. The van der Waals surface area contributed by atoms with E-state index in [4.69, 9.17) is 10.7 Å². The lowest BCUT2D eigenvalue weighted by atomic mass is 10.1. The van der Waals surface area contributed by atoms with Gasteiger partial charge >= 0.3 is 0 Å². The van der Waals surface area contributed by atoms with Gasteiger partial charge in [0, 0.05) is 36.8 Å². The minimum absolute atomic E-state index is 0.0768. The van der Waals surface area contributed by atoms with Gasteiger partial charge in [-0.05, 0) is 50.9 Å². The summed E-state index contributed by atoms with van der Waals surface area (Å²) >= 11 is 1.57. The molecule has 8 heteroatoms. The fourth-order valence-corrected chi connectivity index (χ4v) is 3.97. The lowest BCUT2D eigenvalue weighted by Gasteiger charge is -2.30. The topological polar surface area (TPSA) is 78.4 Å². The molecule has 1 saturated carbocycles. The van der Waals surface area contributed by atoms with Crippen molar-refractivity contribution in [3.05, 3.63) is 46.8 Å². The summed E-state index contributed by atoms with van der Waals surface area (Å²) in [7, 11) is 0. The third kappa shape index (κ3) is 5.85. The fraction of sp³-hybridized carbons (Fsp3) is 0.381. The van der Waals surface area contributed by atoms with Crippen LogP contribution in [-0.4, -0.2) is 55.7 Å². The molecule has 1 aliphatic heterocycles. The Hall–Kier alpha value is -2.29. The summed E-state index contributed by atoms with van der Waals surface area (Å²) in [5.74, 6) is 0.265. The number of aliphatic imine (C=N–C) groups is 3. The molecule has 6 nitrogen and oxygen atoms in total. The van der Waals surface area contributed by atoms with Crippen LogP contribution in [0, 0.1) is 5.82 Å². The normalized spacial score (nSPS) is 18.4. The van der Waals surface area contributed by atoms with Crippen LogP contribution in [0.4, 0.5) is 10.1 Å². The van der Waals surface area contributed by atoms with E-state index in [9.17, 15) is 4.39 Å². The van der Waals surface area contributed by atoms with E-state index < -0.39 is 5.82 Å². The molecule has 1 aromatic carbocycles. The average molecular weight is 415 g/mol. The number of benzene rings is 1. The van der Waals surface area contributed by atoms with Crippen molar-refractivity contribution in [2.24, 2.45) is 15.0 Å². The highest BCUT2D eigenvalue weighted by Crippen LogP contribution is 2.33. The fourth-order valence-electron chi connectivity index (χ4n) is 2.81. The molecule has 0 aromatic heterocycles. The van der Waals surface area contributed by atoms with Crippen LogP contribution in [0.15, 0.2) is 50.4 Å². The largest absolute Gasteiger partial charge is 0.396 e. The maximum atomic E-state index is 14.8. The maximum Gasteiger partial charge on any atom is 0.155 e. The Labute approximate surface area is 175 Å². The molecule has 1 aromatic rings. The van der Waals surface area contributed by atoms with Crippen LogP contribution in [0.1, 0.15) is 24.8 Å². The molecule has 1 heterocycles. The van der Waals surface area contributed by atoms with E-state index >= 15 is 0 Å². The summed E-state index contributed by atoms with van der Waals surface area (Å²) in [5.41, 5.74) is 7.28. The Morgan fingerprint density at radius 3 is 2.76 bits per heavy atom. The number of hydrogen-bond donors (Lipinski definition) is 2. The summed E-state index contributed by atoms with van der Waals surface area (Å²) in [6, 6.07) is 5.44. The number of likely N-dealkylation sites (tertiary alicyclic amines) is 1. The number of anilines is 1. The highest BCUT2D eigenvalue weighted by Gasteiger charge is 2.22. The van der Waals surface area contributed by atoms with Gasteiger partial charge in [0.1, 0.15) is 0 Å². The van der Waals surface area contributed by atoms with Crippen molar-refractivity contribution in [3.8, 4) is 0 Å². The molecule has 0 bridgehead atoms. The second kappa shape index (κ2) is 10.5. The number of nitrogens with one attached hydrogen (secondary N) is 1. The quantitative estimate of drug-likeness (QED) is 0.429. The Morgan fingerprint density at radius 1 is 1.34 bits per heavy atom. The van der Waals surface area contributed by atoms with Gasteiger partial charge in [-0.25, -0.2) is 4.39 Å². The van der Waals surface area contributed by atoms with Crippen molar-refractivity contribution in [1.82, 2.24) is 10.2 Å². The van der Waals surface area contributed by atoms with E-state index in [1.165, 1.54) is 25.3 Å². The Kier molecular flexibility index (Phi) is 7.74. The maximum absolute atomic E-state index is 14.8. The van der Waals surface area contributed by atoms with E-state index in [0.717, 1.165) is 23.9 Å². The van der Waals surface area contributed by atoms with Crippen molar-refractivity contribution >= 4 is 42.3 Å². The van der Waals surface area contributed by atoms with Gasteiger partial charge in [-0.2, -0.15) is 0 Å². The van der Waals surface area contributed by atoms with Gasteiger partial charge in [0.2, 0.25) is 0 Å². The van der Waals surface area contributed by atoms with Gasteiger partial charge in [0.05, 0.1) is 28.7 Å². The van der Waals surface area contributed by atoms with Crippen molar-refractivity contribution in [2.45, 2.75) is 25.3 Å². The second-order valence-electron chi connectivity index (χ2n) is 6.97. The molecular weight excluding hydrogens is 387 g/mol. The lowest BCUT2D eigenvalue weighted by molar-refractivity contribution is 0.218. The van der Waals surface area contributed by atoms with E-state index in [1.807, 2.05) is 0 Å². The minimum Gasteiger partial charge on any atom is -0.396 e. The highest BCUT2D eigenvalue weighted by molar-refractivity contribution is 8.04. The zero-order valence-electron chi connectivity index (χ0n) is 16.5. The second-order valence-corrected chi connectivity index (χ2v) is 7.92. The summed E-state index contributed by atoms with van der Waals surface area (Å²) in [6.07, 6.45) is 6.90. The third-order valence-electron chi connectivity index (χ3n) is 4.77. The number of allylic oxidation sites excluding steroid dienone is 2.